The number of carbonyl (C=O) groups is 1. The van der Waals surface area contributed by atoms with Gasteiger partial charge in [0.15, 0.2) is 11.5 Å². The topological polar surface area (TPSA) is 50.8 Å². The Morgan fingerprint density at radius 1 is 1.29 bits per heavy atom. The van der Waals surface area contributed by atoms with Gasteiger partial charge >= 0.3 is 0 Å². The third-order valence-electron chi connectivity index (χ3n) is 4.25. The lowest BCUT2D eigenvalue weighted by Crippen LogP contribution is -2.43. The molecule has 2 aromatic carbocycles. The number of fused-ring (bicyclic) bond motifs is 2. The van der Waals surface area contributed by atoms with E-state index in [-0.39, 0.29) is 18.9 Å². The highest BCUT2D eigenvalue weighted by molar-refractivity contribution is 6.32. The van der Waals surface area contributed by atoms with Crippen molar-refractivity contribution in [3.8, 4) is 11.5 Å². The maximum atomic E-state index is 12.9. The third-order valence-corrected chi connectivity index (χ3v) is 4.53. The number of nitrogens with zero attached hydrogens (tertiary/aromatic N) is 1. The van der Waals surface area contributed by atoms with E-state index >= 15 is 0 Å². The van der Waals surface area contributed by atoms with Gasteiger partial charge in [0.1, 0.15) is 6.17 Å². The summed E-state index contributed by atoms with van der Waals surface area (Å²) in [5, 5.41) is 3.94. The van der Waals surface area contributed by atoms with Gasteiger partial charge in [-0.1, -0.05) is 30.7 Å². The molecule has 0 unspecified atom stereocenters. The van der Waals surface area contributed by atoms with Crippen LogP contribution in [0.15, 0.2) is 36.4 Å². The summed E-state index contributed by atoms with van der Waals surface area (Å²) in [5.41, 5.74) is 2.39. The quantitative estimate of drug-likeness (QED) is 0.912. The van der Waals surface area contributed by atoms with Gasteiger partial charge in [-0.15, -0.1) is 0 Å². The number of rotatable bonds is 3. The van der Waals surface area contributed by atoms with Crippen LogP contribution >= 0.6 is 11.6 Å². The predicted octanol–water partition coefficient (Wildman–Crippen LogP) is 4.05. The van der Waals surface area contributed by atoms with Crippen LogP contribution in [0.1, 0.15) is 35.4 Å². The van der Waals surface area contributed by atoms with Gasteiger partial charge in [0.25, 0.3) is 5.91 Å². The Bertz CT molecular complexity index is 809. The molecule has 0 saturated heterocycles. The zero-order valence-corrected chi connectivity index (χ0v) is 14.0. The SMILES string of the molecule is CCCN1C(=O)c2ccccc2N[C@@H]1c1cc(Cl)c2c(c1)OCO2. The minimum Gasteiger partial charge on any atom is -0.454 e. The fourth-order valence-corrected chi connectivity index (χ4v) is 3.45. The molecule has 1 atom stereocenters. The molecule has 124 valence electrons. The van der Waals surface area contributed by atoms with E-state index in [1.807, 2.05) is 41.3 Å². The summed E-state index contributed by atoms with van der Waals surface area (Å²) >= 11 is 6.32. The number of hydrogen-bond donors (Lipinski definition) is 1. The number of carbonyl (C=O) groups excluding carboxylic acids is 1. The molecule has 0 saturated carbocycles. The Balaban J connectivity index is 1.79. The predicted molar refractivity (Wildman–Crippen MR) is 91.7 cm³/mol. The molecule has 6 heteroatoms. The molecule has 4 rings (SSSR count). The van der Waals surface area contributed by atoms with Gasteiger partial charge in [0.05, 0.1) is 10.6 Å². The van der Waals surface area contributed by atoms with Crippen LogP contribution in [0.2, 0.25) is 5.02 Å². The van der Waals surface area contributed by atoms with Crippen molar-refractivity contribution in [1.82, 2.24) is 4.90 Å². The molecule has 0 bridgehead atoms. The first kappa shape index (κ1) is 15.1. The van der Waals surface area contributed by atoms with E-state index in [4.69, 9.17) is 21.1 Å². The number of amides is 1. The molecule has 2 heterocycles. The summed E-state index contributed by atoms with van der Waals surface area (Å²) in [7, 11) is 0. The van der Waals surface area contributed by atoms with Crippen molar-refractivity contribution in [2.24, 2.45) is 0 Å². The molecule has 0 fully saturated rings. The highest BCUT2D eigenvalue weighted by Gasteiger charge is 2.33. The van der Waals surface area contributed by atoms with Crippen LogP contribution in [0.3, 0.4) is 0 Å². The molecular weight excluding hydrogens is 328 g/mol. The first-order valence-electron chi connectivity index (χ1n) is 7.94. The lowest BCUT2D eigenvalue weighted by molar-refractivity contribution is 0.0683. The van der Waals surface area contributed by atoms with Gasteiger partial charge in [0, 0.05) is 17.8 Å². The number of nitrogens with one attached hydrogen (secondary N) is 1. The smallest absolute Gasteiger partial charge is 0.257 e. The van der Waals surface area contributed by atoms with Crippen LogP contribution in [0.4, 0.5) is 5.69 Å². The summed E-state index contributed by atoms with van der Waals surface area (Å²) < 4.78 is 10.8. The maximum absolute atomic E-state index is 12.9. The van der Waals surface area contributed by atoms with E-state index in [1.54, 1.807) is 0 Å². The average molecular weight is 345 g/mol. The van der Waals surface area contributed by atoms with Crippen LogP contribution in [0.5, 0.6) is 11.5 Å². The number of anilines is 1. The van der Waals surface area contributed by atoms with Crippen molar-refractivity contribution in [2.75, 3.05) is 18.7 Å². The molecule has 1 amide bonds. The number of ether oxygens (including phenoxy) is 2. The normalized spacial score (nSPS) is 18.3. The first-order valence-corrected chi connectivity index (χ1v) is 8.32. The van der Waals surface area contributed by atoms with E-state index < -0.39 is 0 Å². The maximum Gasteiger partial charge on any atom is 0.257 e. The van der Waals surface area contributed by atoms with E-state index in [9.17, 15) is 4.79 Å². The van der Waals surface area contributed by atoms with Crippen molar-refractivity contribution in [1.29, 1.82) is 0 Å². The van der Waals surface area contributed by atoms with Crippen molar-refractivity contribution < 1.29 is 14.3 Å². The van der Waals surface area contributed by atoms with E-state index in [0.717, 1.165) is 17.7 Å². The summed E-state index contributed by atoms with van der Waals surface area (Å²) in [5.74, 6) is 1.19. The van der Waals surface area contributed by atoms with Gasteiger partial charge in [-0.05, 0) is 30.7 Å². The number of hydrogen-bond acceptors (Lipinski definition) is 4. The standard InChI is InChI=1S/C18H17ClN2O3/c1-2-7-21-17(20-14-6-4-3-5-12(14)18(21)22)11-8-13(19)16-15(9-11)23-10-24-16/h3-6,8-9,17,20H,2,7,10H2,1H3/t17-/m0/s1. The van der Waals surface area contributed by atoms with E-state index in [1.165, 1.54) is 0 Å². The lowest BCUT2D eigenvalue weighted by atomic mass is 10.0. The first-order chi connectivity index (χ1) is 11.7. The third kappa shape index (κ3) is 2.36. The molecule has 1 N–H and O–H groups in total. The number of benzene rings is 2. The second-order valence-electron chi connectivity index (χ2n) is 5.83. The highest BCUT2D eigenvalue weighted by atomic mass is 35.5. The van der Waals surface area contributed by atoms with Crippen molar-refractivity contribution in [3.05, 3.63) is 52.5 Å². The van der Waals surface area contributed by atoms with Crippen LogP contribution in [0.25, 0.3) is 0 Å². The number of halogens is 1. The lowest BCUT2D eigenvalue weighted by Gasteiger charge is -2.38. The molecule has 2 aliphatic heterocycles. The van der Waals surface area contributed by atoms with Gasteiger partial charge in [0.2, 0.25) is 6.79 Å². The van der Waals surface area contributed by atoms with Gasteiger partial charge in [-0.25, -0.2) is 0 Å². The van der Waals surface area contributed by atoms with Gasteiger partial charge in [-0.2, -0.15) is 0 Å². The Kier molecular flexibility index (Phi) is 3.73. The van der Waals surface area contributed by atoms with Crippen LogP contribution in [-0.2, 0) is 0 Å². The Labute approximate surface area is 145 Å². The molecular formula is C18H17ClN2O3. The van der Waals surface area contributed by atoms with E-state index in [0.29, 0.717) is 28.6 Å². The Morgan fingerprint density at radius 3 is 2.96 bits per heavy atom. The van der Waals surface area contributed by atoms with E-state index in [2.05, 4.69) is 12.2 Å². The molecule has 0 aromatic heterocycles. The molecule has 0 spiro atoms. The van der Waals surface area contributed by atoms with Gasteiger partial charge in [-0.3, -0.25) is 4.79 Å². The Hall–Kier alpha value is -2.40. The van der Waals surface area contributed by atoms with Crippen LogP contribution in [-0.4, -0.2) is 24.1 Å². The summed E-state index contributed by atoms with van der Waals surface area (Å²) in [6, 6.07) is 11.3. The minimum absolute atomic E-state index is 0.0185. The van der Waals surface area contributed by atoms with Crippen molar-refractivity contribution in [3.63, 3.8) is 0 Å². The largest absolute Gasteiger partial charge is 0.454 e. The van der Waals surface area contributed by atoms with Gasteiger partial charge < -0.3 is 19.7 Å². The molecule has 2 aliphatic rings. The van der Waals surface area contributed by atoms with Crippen molar-refractivity contribution >= 4 is 23.2 Å². The fourth-order valence-electron chi connectivity index (χ4n) is 3.17. The zero-order valence-electron chi connectivity index (χ0n) is 13.2. The fraction of sp³-hybridized carbons (Fsp3) is 0.278. The molecule has 0 aliphatic carbocycles. The second-order valence-corrected chi connectivity index (χ2v) is 6.23. The Morgan fingerprint density at radius 2 is 2.12 bits per heavy atom. The molecule has 24 heavy (non-hydrogen) atoms. The molecule has 2 aromatic rings. The number of para-hydroxylation sites is 1. The molecule has 0 radical (unpaired) electrons. The van der Waals surface area contributed by atoms with Crippen LogP contribution in [0, 0.1) is 0 Å². The van der Waals surface area contributed by atoms with Crippen LogP contribution < -0.4 is 14.8 Å². The monoisotopic (exact) mass is 344 g/mol. The highest BCUT2D eigenvalue weighted by Crippen LogP contribution is 2.43. The minimum atomic E-state index is -0.292. The average Bonchev–Trinajstić information content (AvgIpc) is 3.06. The zero-order chi connectivity index (χ0) is 16.7. The second kappa shape index (κ2) is 5.91. The summed E-state index contributed by atoms with van der Waals surface area (Å²) in [4.78, 5) is 14.7. The molecule has 5 nitrogen and oxygen atoms in total. The summed E-state index contributed by atoms with van der Waals surface area (Å²) in [6.45, 7) is 2.87. The summed E-state index contributed by atoms with van der Waals surface area (Å²) in [6.07, 6.45) is 0.573. The van der Waals surface area contributed by atoms with Crippen molar-refractivity contribution in [2.45, 2.75) is 19.5 Å².